The SMILES string of the molecule is CCNC(=NCc1cccc(OC)c1)NCc1ccc(COCC)cc1.I. The fourth-order valence-corrected chi connectivity index (χ4v) is 2.44. The van der Waals surface area contributed by atoms with Gasteiger partial charge in [-0.15, -0.1) is 24.0 Å². The Morgan fingerprint density at radius 1 is 0.963 bits per heavy atom. The summed E-state index contributed by atoms with van der Waals surface area (Å²) < 4.78 is 10.7. The molecule has 0 heterocycles. The van der Waals surface area contributed by atoms with Crippen LogP contribution in [0.1, 0.15) is 30.5 Å². The Morgan fingerprint density at radius 3 is 2.37 bits per heavy atom. The molecule has 148 valence electrons. The van der Waals surface area contributed by atoms with Crippen molar-refractivity contribution < 1.29 is 9.47 Å². The van der Waals surface area contributed by atoms with Crippen LogP contribution in [0.4, 0.5) is 0 Å². The maximum atomic E-state index is 5.43. The molecular formula is C21H30IN3O2. The molecule has 0 atom stereocenters. The molecule has 0 aliphatic heterocycles. The molecule has 0 aliphatic carbocycles. The van der Waals surface area contributed by atoms with E-state index in [2.05, 4.69) is 46.8 Å². The summed E-state index contributed by atoms with van der Waals surface area (Å²) in [6.07, 6.45) is 0. The fraction of sp³-hybridized carbons (Fsp3) is 0.381. The predicted molar refractivity (Wildman–Crippen MR) is 122 cm³/mol. The zero-order chi connectivity index (χ0) is 18.6. The third-order valence-electron chi connectivity index (χ3n) is 3.85. The fourth-order valence-electron chi connectivity index (χ4n) is 2.44. The van der Waals surface area contributed by atoms with E-state index < -0.39 is 0 Å². The molecular weight excluding hydrogens is 453 g/mol. The largest absolute Gasteiger partial charge is 0.497 e. The first kappa shape index (κ1) is 23.2. The molecule has 0 unspecified atom stereocenters. The highest BCUT2D eigenvalue weighted by Gasteiger charge is 2.00. The molecule has 0 bridgehead atoms. The number of methoxy groups -OCH3 is 1. The quantitative estimate of drug-likeness (QED) is 0.321. The number of hydrogen-bond donors (Lipinski definition) is 2. The molecule has 27 heavy (non-hydrogen) atoms. The normalized spacial score (nSPS) is 10.9. The first-order chi connectivity index (χ1) is 12.7. The molecule has 0 amide bonds. The van der Waals surface area contributed by atoms with E-state index in [9.17, 15) is 0 Å². The van der Waals surface area contributed by atoms with Crippen molar-refractivity contribution in [3.8, 4) is 5.75 Å². The smallest absolute Gasteiger partial charge is 0.191 e. The second-order valence-corrected chi connectivity index (χ2v) is 5.85. The van der Waals surface area contributed by atoms with Gasteiger partial charge in [0.2, 0.25) is 0 Å². The van der Waals surface area contributed by atoms with Gasteiger partial charge < -0.3 is 20.1 Å². The lowest BCUT2D eigenvalue weighted by Crippen LogP contribution is -2.36. The van der Waals surface area contributed by atoms with Crippen LogP contribution in [0.2, 0.25) is 0 Å². The van der Waals surface area contributed by atoms with Gasteiger partial charge in [0, 0.05) is 19.7 Å². The number of hydrogen-bond acceptors (Lipinski definition) is 3. The van der Waals surface area contributed by atoms with E-state index in [1.54, 1.807) is 7.11 Å². The molecule has 2 rings (SSSR count). The van der Waals surface area contributed by atoms with Gasteiger partial charge in [-0.3, -0.25) is 0 Å². The van der Waals surface area contributed by atoms with Crippen molar-refractivity contribution in [3.05, 3.63) is 65.2 Å². The monoisotopic (exact) mass is 483 g/mol. The van der Waals surface area contributed by atoms with Crippen molar-refractivity contribution in [2.75, 3.05) is 20.3 Å². The topological polar surface area (TPSA) is 54.9 Å². The first-order valence-electron chi connectivity index (χ1n) is 9.05. The lowest BCUT2D eigenvalue weighted by Gasteiger charge is -2.12. The highest BCUT2D eigenvalue weighted by molar-refractivity contribution is 14.0. The first-order valence-corrected chi connectivity index (χ1v) is 9.05. The molecule has 0 radical (unpaired) electrons. The number of rotatable bonds is 9. The number of nitrogens with zero attached hydrogens (tertiary/aromatic N) is 1. The minimum atomic E-state index is 0. The van der Waals surface area contributed by atoms with Crippen LogP contribution >= 0.6 is 24.0 Å². The lowest BCUT2D eigenvalue weighted by molar-refractivity contribution is 0.134. The zero-order valence-electron chi connectivity index (χ0n) is 16.3. The molecule has 2 aromatic carbocycles. The minimum absolute atomic E-state index is 0. The Morgan fingerprint density at radius 2 is 1.70 bits per heavy atom. The Balaban J connectivity index is 0.00000364. The Bertz CT molecular complexity index is 690. The van der Waals surface area contributed by atoms with Crippen molar-refractivity contribution in [1.29, 1.82) is 0 Å². The maximum absolute atomic E-state index is 5.43. The Kier molecular flexibility index (Phi) is 11.5. The summed E-state index contributed by atoms with van der Waals surface area (Å²) in [4.78, 5) is 4.65. The van der Waals surface area contributed by atoms with Crippen molar-refractivity contribution in [1.82, 2.24) is 10.6 Å². The number of ether oxygens (including phenoxy) is 2. The van der Waals surface area contributed by atoms with Crippen molar-refractivity contribution >= 4 is 29.9 Å². The summed E-state index contributed by atoms with van der Waals surface area (Å²) >= 11 is 0. The summed E-state index contributed by atoms with van der Waals surface area (Å²) in [5, 5.41) is 6.65. The average molecular weight is 483 g/mol. The van der Waals surface area contributed by atoms with Crippen molar-refractivity contribution in [2.45, 2.75) is 33.5 Å². The number of guanidine groups is 1. The highest BCUT2D eigenvalue weighted by atomic mass is 127. The van der Waals surface area contributed by atoms with E-state index in [0.29, 0.717) is 13.2 Å². The third kappa shape index (κ3) is 8.62. The Labute approximate surface area is 179 Å². The summed E-state index contributed by atoms with van der Waals surface area (Å²) in [5.41, 5.74) is 3.51. The van der Waals surface area contributed by atoms with E-state index in [0.717, 1.165) is 37.0 Å². The van der Waals surface area contributed by atoms with Crippen molar-refractivity contribution in [2.24, 2.45) is 4.99 Å². The molecule has 0 saturated carbocycles. The van der Waals surface area contributed by atoms with Crippen LogP contribution < -0.4 is 15.4 Å². The van der Waals surface area contributed by atoms with Crippen LogP contribution in [-0.4, -0.2) is 26.2 Å². The van der Waals surface area contributed by atoms with Gasteiger partial charge >= 0.3 is 0 Å². The third-order valence-corrected chi connectivity index (χ3v) is 3.85. The van der Waals surface area contributed by atoms with Crippen LogP contribution in [0.15, 0.2) is 53.5 Å². The van der Waals surface area contributed by atoms with Crippen LogP contribution in [0, 0.1) is 0 Å². The molecule has 0 saturated heterocycles. The second kappa shape index (κ2) is 13.4. The number of benzene rings is 2. The van der Waals surface area contributed by atoms with E-state index in [4.69, 9.17) is 9.47 Å². The van der Waals surface area contributed by atoms with Gasteiger partial charge in [0.15, 0.2) is 5.96 Å². The predicted octanol–water partition coefficient (Wildman–Crippen LogP) is 4.11. The van der Waals surface area contributed by atoms with Crippen LogP contribution in [0.3, 0.4) is 0 Å². The lowest BCUT2D eigenvalue weighted by atomic mass is 10.1. The zero-order valence-corrected chi connectivity index (χ0v) is 18.7. The standard InChI is InChI=1S/C21H29N3O2.HI/c1-4-22-21(24-15-19-7-6-8-20(13-19)25-3)23-14-17-9-11-18(12-10-17)16-26-5-2;/h6-13H,4-5,14-16H2,1-3H3,(H2,22,23,24);1H. The summed E-state index contributed by atoms with van der Waals surface area (Å²) in [5.74, 6) is 1.65. The summed E-state index contributed by atoms with van der Waals surface area (Å²) in [6.45, 7) is 7.60. The van der Waals surface area contributed by atoms with Crippen LogP contribution in [-0.2, 0) is 24.4 Å². The van der Waals surface area contributed by atoms with Gasteiger partial charge in [0.25, 0.3) is 0 Å². The van der Waals surface area contributed by atoms with Gasteiger partial charge in [0.1, 0.15) is 5.75 Å². The molecule has 0 spiro atoms. The minimum Gasteiger partial charge on any atom is -0.497 e. The number of nitrogens with one attached hydrogen (secondary N) is 2. The maximum Gasteiger partial charge on any atom is 0.191 e. The average Bonchev–Trinajstić information content (AvgIpc) is 2.69. The van der Waals surface area contributed by atoms with E-state index in [1.165, 1.54) is 11.1 Å². The van der Waals surface area contributed by atoms with E-state index in [1.807, 2.05) is 31.2 Å². The molecule has 0 aromatic heterocycles. The molecule has 5 nitrogen and oxygen atoms in total. The van der Waals surface area contributed by atoms with Crippen LogP contribution in [0.5, 0.6) is 5.75 Å². The molecule has 6 heteroatoms. The second-order valence-electron chi connectivity index (χ2n) is 5.85. The highest BCUT2D eigenvalue weighted by Crippen LogP contribution is 2.13. The van der Waals surface area contributed by atoms with Gasteiger partial charge in [-0.05, 0) is 42.7 Å². The molecule has 0 aliphatic rings. The summed E-state index contributed by atoms with van der Waals surface area (Å²) in [6, 6.07) is 16.4. The van der Waals surface area contributed by atoms with Gasteiger partial charge in [-0.2, -0.15) is 0 Å². The summed E-state index contributed by atoms with van der Waals surface area (Å²) in [7, 11) is 1.67. The van der Waals surface area contributed by atoms with Crippen molar-refractivity contribution in [3.63, 3.8) is 0 Å². The molecule has 0 fully saturated rings. The van der Waals surface area contributed by atoms with E-state index >= 15 is 0 Å². The van der Waals surface area contributed by atoms with Gasteiger partial charge in [-0.1, -0.05) is 36.4 Å². The molecule has 2 aromatic rings. The Hall–Kier alpha value is -1.80. The number of halogens is 1. The molecule has 2 N–H and O–H groups in total. The van der Waals surface area contributed by atoms with Crippen LogP contribution in [0.25, 0.3) is 0 Å². The van der Waals surface area contributed by atoms with E-state index in [-0.39, 0.29) is 24.0 Å². The van der Waals surface area contributed by atoms with Gasteiger partial charge in [-0.25, -0.2) is 4.99 Å². The van der Waals surface area contributed by atoms with Gasteiger partial charge in [0.05, 0.1) is 20.3 Å². The number of aliphatic imine (C=N–C) groups is 1.